The van der Waals surface area contributed by atoms with Crippen LogP contribution >= 0.6 is 0 Å². The van der Waals surface area contributed by atoms with Gasteiger partial charge < -0.3 is 22.1 Å². The van der Waals surface area contributed by atoms with Crippen LogP contribution in [0.3, 0.4) is 0 Å². The molecule has 10 nitrogen and oxygen atoms in total. The summed E-state index contributed by atoms with van der Waals surface area (Å²) in [6, 6.07) is 6.58. The van der Waals surface area contributed by atoms with Gasteiger partial charge >= 0.3 is 12.4 Å². The fraction of sp³-hybridized carbons (Fsp3) is 0.406. The molecule has 1 fully saturated rings. The van der Waals surface area contributed by atoms with Gasteiger partial charge in [-0.05, 0) is 60.7 Å². The normalized spacial score (nSPS) is 13.9. The Balaban J connectivity index is 0.000000401. The van der Waals surface area contributed by atoms with Gasteiger partial charge in [-0.3, -0.25) is 14.3 Å². The first-order valence-electron chi connectivity index (χ1n) is 15.2. The van der Waals surface area contributed by atoms with Gasteiger partial charge in [0, 0.05) is 36.3 Å². The SMILES string of the molecule is CCc1cc(-c2cc(NC(=O)Cc3cc(C(F)(F)F)ccc3C(F)(F)F)nn2C)cc2cnc(N)nc12.NCC(=O)NC1CCCCC1. The number of hydrogen-bond acceptors (Lipinski definition) is 7. The highest BCUT2D eigenvalue weighted by Crippen LogP contribution is 2.37. The van der Waals surface area contributed by atoms with Crippen molar-refractivity contribution in [1.82, 2.24) is 25.1 Å². The lowest BCUT2D eigenvalue weighted by molar-refractivity contribution is -0.142. The highest BCUT2D eigenvalue weighted by Gasteiger charge is 2.37. The number of carbonyl (C=O) groups excluding carboxylic acids is 2. The summed E-state index contributed by atoms with van der Waals surface area (Å²) in [7, 11) is 1.61. The molecular weight excluding hydrogens is 642 g/mol. The summed E-state index contributed by atoms with van der Waals surface area (Å²) in [6.45, 7) is 2.06. The number of aryl methyl sites for hydroxylation is 2. The largest absolute Gasteiger partial charge is 0.416 e. The zero-order valence-electron chi connectivity index (χ0n) is 26.3. The van der Waals surface area contributed by atoms with Gasteiger partial charge in [-0.1, -0.05) is 26.2 Å². The van der Waals surface area contributed by atoms with Crippen LogP contribution in [0.4, 0.5) is 38.1 Å². The number of halogens is 6. The molecule has 0 aliphatic heterocycles. The summed E-state index contributed by atoms with van der Waals surface area (Å²) in [5.41, 5.74) is 10.3. The molecule has 1 aliphatic rings. The third kappa shape index (κ3) is 9.20. The number of nitrogens with one attached hydrogen (secondary N) is 2. The van der Waals surface area contributed by atoms with Crippen molar-refractivity contribution in [2.24, 2.45) is 12.8 Å². The van der Waals surface area contributed by atoms with Crippen molar-refractivity contribution in [3.63, 3.8) is 0 Å². The van der Waals surface area contributed by atoms with E-state index in [1.807, 2.05) is 13.0 Å². The van der Waals surface area contributed by atoms with Gasteiger partial charge in [0.15, 0.2) is 5.82 Å². The molecular formula is C32H36F6N8O2. The Morgan fingerprint density at radius 3 is 2.29 bits per heavy atom. The molecule has 0 radical (unpaired) electrons. The summed E-state index contributed by atoms with van der Waals surface area (Å²) in [6.07, 6.45) is -2.44. The maximum Gasteiger partial charge on any atom is 0.416 e. The van der Waals surface area contributed by atoms with Crippen molar-refractivity contribution in [2.45, 2.75) is 70.3 Å². The predicted octanol–water partition coefficient (Wildman–Crippen LogP) is 5.79. The van der Waals surface area contributed by atoms with Gasteiger partial charge in [-0.2, -0.15) is 31.4 Å². The molecule has 258 valence electrons. The lowest BCUT2D eigenvalue weighted by Crippen LogP contribution is -2.39. The summed E-state index contributed by atoms with van der Waals surface area (Å²) >= 11 is 0. The molecule has 0 bridgehead atoms. The van der Waals surface area contributed by atoms with E-state index in [1.54, 1.807) is 19.3 Å². The summed E-state index contributed by atoms with van der Waals surface area (Å²) in [4.78, 5) is 31.7. The second kappa shape index (κ2) is 15.0. The third-order valence-electron chi connectivity index (χ3n) is 7.85. The Morgan fingerprint density at radius 1 is 0.958 bits per heavy atom. The predicted molar refractivity (Wildman–Crippen MR) is 168 cm³/mol. The van der Waals surface area contributed by atoms with E-state index < -0.39 is 41.4 Å². The molecule has 1 saturated carbocycles. The number of amides is 2. The first-order valence-corrected chi connectivity index (χ1v) is 15.2. The van der Waals surface area contributed by atoms with Crippen molar-refractivity contribution >= 4 is 34.5 Å². The monoisotopic (exact) mass is 678 g/mol. The average Bonchev–Trinajstić information content (AvgIpc) is 3.39. The van der Waals surface area contributed by atoms with Gasteiger partial charge in [-0.15, -0.1) is 0 Å². The molecule has 4 aromatic rings. The number of carbonyl (C=O) groups is 2. The van der Waals surface area contributed by atoms with E-state index >= 15 is 0 Å². The number of nitrogen functional groups attached to an aromatic ring is 1. The highest BCUT2D eigenvalue weighted by molar-refractivity contribution is 5.93. The molecule has 2 heterocycles. The Morgan fingerprint density at radius 2 is 1.67 bits per heavy atom. The van der Waals surface area contributed by atoms with Crippen molar-refractivity contribution in [2.75, 3.05) is 17.6 Å². The minimum absolute atomic E-state index is 0.0168. The lowest BCUT2D eigenvalue weighted by atomic mass is 9.95. The number of anilines is 2. The fourth-order valence-corrected chi connectivity index (χ4v) is 5.54. The number of alkyl halides is 6. The molecule has 2 aromatic carbocycles. The van der Waals surface area contributed by atoms with Crippen molar-refractivity contribution in [3.8, 4) is 11.3 Å². The Hall–Kier alpha value is -4.73. The van der Waals surface area contributed by atoms with Crippen LogP contribution in [0.25, 0.3) is 22.2 Å². The van der Waals surface area contributed by atoms with Crippen LogP contribution in [0.15, 0.2) is 42.6 Å². The molecule has 48 heavy (non-hydrogen) atoms. The summed E-state index contributed by atoms with van der Waals surface area (Å²) in [5.74, 6) is -0.812. The second-order valence-electron chi connectivity index (χ2n) is 11.4. The molecule has 16 heteroatoms. The average molecular weight is 679 g/mol. The van der Waals surface area contributed by atoms with Gasteiger partial charge in [0.1, 0.15) is 0 Å². The van der Waals surface area contributed by atoms with Crippen LogP contribution in [-0.2, 0) is 41.8 Å². The van der Waals surface area contributed by atoms with Crippen molar-refractivity contribution in [3.05, 3.63) is 64.8 Å². The lowest BCUT2D eigenvalue weighted by Gasteiger charge is -2.22. The minimum Gasteiger partial charge on any atom is -0.368 e. The van der Waals surface area contributed by atoms with Crippen LogP contribution in [-0.4, -0.2) is 44.1 Å². The number of aromatic nitrogens is 4. The van der Waals surface area contributed by atoms with E-state index in [-0.39, 0.29) is 24.2 Å². The van der Waals surface area contributed by atoms with Crippen LogP contribution in [0, 0.1) is 0 Å². The van der Waals surface area contributed by atoms with E-state index in [2.05, 4.69) is 25.7 Å². The smallest absolute Gasteiger partial charge is 0.368 e. The number of nitrogens with zero attached hydrogens (tertiary/aromatic N) is 4. The zero-order valence-corrected chi connectivity index (χ0v) is 26.3. The number of nitrogens with two attached hydrogens (primary N) is 2. The first kappa shape index (κ1) is 36.1. The Bertz CT molecular complexity index is 1760. The first-order chi connectivity index (χ1) is 22.6. The van der Waals surface area contributed by atoms with E-state index in [0.717, 1.165) is 23.8 Å². The van der Waals surface area contributed by atoms with E-state index in [4.69, 9.17) is 11.5 Å². The van der Waals surface area contributed by atoms with Crippen LogP contribution < -0.4 is 22.1 Å². The minimum atomic E-state index is -4.93. The molecule has 1 aliphatic carbocycles. The molecule has 0 saturated heterocycles. The van der Waals surface area contributed by atoms with E-state index in [1.165, 1.54) is 30.0 Å². The molecule has 6 N–H and O–H groups in total. The maximum absolute atomic E-state index is 13.3. The van der Waals surface area contributed by atoms with Crippen LogP contribution in [0.5, 0.6) is 0 Å². The van der Waals surface area contributed by atoms with Gasteiger partial charge in [0.05, 0.1) is 35.3 Å². The summed E-state index contributed by atoms with van der Waals surface area (Å²) < 4.78 is 80.7. The third-order valence-corrected chi connectivity index (χ3v) is 7.85. The molecule has 0 unspecified atom stereocenters. The number of rotatable bonds is 7. The van der Waals surface area contributed by atoms with Gasteiger partial charge in [0.25, 0.3) is 0 Å². The standard InChI is InChI=1S/C24H20F6N6O.C8H16N2O/c1-3-12-6-14(7-15-11-32-22(31)34-21(12)15)18-10-19(35-36(18)2)33-20(37)9-13-8-16(23(25,26)27)4-5-17(13)24(28,29)30;9-6-8(11)10-7-4-2-1-3-5-7/h4-8,10-11H,3,9H2,1-2H3,(H2,31,32,34)(H,33,35,37);7H,1-6,9H2,(H,10,11). The number of fused-ring (bicyclic) bond motifs is 1. The Labute approximate surface area is 272 Å². The molecule has 2 amide bonds. The van der Waals surface area contributed by atoms with Gasteiger partial charge in [0.2, 0.25) is 17.8 Å². The topological polar surface area (TPSA) is 154 Å². The number of benzene rings is 2. The van der Waals surface area contributed by atoms with Crippen LogP contribution in [0.1, 0.15) is 61.3 Å². The van der Waals surface area contributed by atoms with Crippen molar-refractivity contribution < 1.29 is 35.9 Å². The highest BCUT2D eigenvalue weighted by atomic mass is 19.4. The van der Waals surface area contributed by atoms with E-state index in [9.17, 15) is 35.9 Å². The van der Waals surface area contributed by atoms with Crippen LogP contribution in [0.2, 0.25) is 0 Å². The molecule has 5 rings (SSSR count). The number of hydrogen-bond donors (Lipinski definition) is 4. The maximum atomic E-state index is 13.3. The molecule has 0 spiro atoms. The summed E-state index contributed by atoms with van der Waals surface area (Å²) in [5, 5.41) is 10.2. The second-order valence-corrected chi connectivity index (χ2v) is 11.4. The zero-order chi connectivity index (χ0) is 35.2. The van der Waals surface area contributed by atoms with Crippen molar-refractivity contribution in [1.29, 1.82) is 0 Å². The van der Waals surface area contributed by atoms with Gasteiger partial charge in [-0.25, -0.2) is 9.97 Å². The fourth-order valence-electron chi connectivity index (χ4n) is 5.54. The molecule has 2 aromatic heterocycles. The molecule has 0 atom stereocenters. The Kier molecular flexibility index (Phi) is 11.3. The quantitative estimate of drug-likeness (QED) is 0.181. The van der Waals surface area contributed by atoms with E-state index in [0.29, 0.717) is 47.4 Å².